The molecule has 0 unspecified atom stereocenters. The minimum Gasteiger partial charge on any atom is -0.255 e. The maximum atomic E-state index is 5.19. The van der Waals surface area contributed by atoms with Crippen molar-refractivity contribution < 1.29 is 0 Å². The summed E-state index contributed by atoms with van der Waals surface area (Å²) in [5.41, 5.74) is 10.1. The number of rotatable bonds is 5. The van der Waals surface area contributed by atoms with Gasteiger partial charge < -0.3 is 0 Å². The molecule has 5 aromatic carbocycles. The summed E-state index contributed by atoms with van der Waals surface area (Å²) in [5, 5.41) is 5.84. The molecule has 4 nitrogen and oxygen atoms in total. The highest BCUT2D eigenvalue weighted by Gasteiger charge is 2.18. The van der Waals surface area contributed by atoms with Crippen molar-refractivity contribution in [2.45, 2.75) is 12.8 Å². The second-order valence-electron chi connectivity index (χ2n) is 12.2. The van der Waals surface area contributed by atoms with Crippen molar-refractivity contribution in [2.75, 3.05) is 0 Å². The number of aromatic nitrogens is 4. The Morgan fingerprint density at radius 2 is 1.10 bits per heavy atom. The molecule has 0 N–H and O–H groups in total. The fourth-order valence-electron chi connectivity index (χ4n) is 6.85. The third-order valence-electron chi connectivity index (χ3n) is 9.26. The topological polar surface area (TPSA) is 51.6 Å². The van der Waals surface area contributed by atoms with Crippen LogP contribution >= 0.6 is 0 Å². The Bertz CT molecular complexity index is 2540. The molecule has 3 aromatic heterocycles. The van der Waals surface area contributed by atoms with E-state index in [4.69, 9.17) is 19.9 Å². The maximum absolute atomic E-state index is 5.19. The first-order valence-electron chi connectivity index (χ1n) is 16.4. The van der Waals surface area contributed by atoms with Crippen LogP contribution in [0.4, 0.5) is 0 Å². The van der Waals surface area contributed by atoms with Gasteiger partial charge in [-0.2, -0.15) is 0 Å². The number of hydrogen-bond acceptors (Lipinski definition) is 4. The molecule has 0 saturated heterocycles. The van der Waals surface area contributed by atoms with Crippen LogP contribution in [0, 0.1) is 0 Å². The zero-order valence-corrected chi connectivity index (χ0v) is 26.2. The molecule has 9 rings (SSSR count). The van der Waals surface area contributed by atoms with Crippen molar-refractivity contribution in [2.24, 2.45) is 0 Å². The van der Waals surface area contributed by atoms with Crippen LogP contribution in [0.3, 0.4) is 0 Å². The lowest BCUT2D eigenvalue weighted by atomic mass is 9.93. The van der Waals surface area contributed by atoms with Crippen molar-refractivity contribution in [1.29, 1.82) is 0 Å². The molecule has 226 valence electrons. The maximum Gasteiger partial charge on any atom is 0.156 e. The van der Waals surface area contributed by atoms with Crippen molar-refractivity contribution in [3.63, 3.8) is 0 Å². The Hall–Kier alpha value is -6.26. The van der Waals surface area contributed by atoms with Crippen molar-refractivity contribution >= 4 is 43.6 Å². The Balaban J connectivity index is 1.20. The first-order valence-corrected chi connectivity index (χ1v) is 16.4. The molecule has 1 aliphatic rings. The highest BCUT2D eigenvalue weighted by atomic mass is 14.9. The zero-order valence-electron chi connectivity index (χ0n) is 26.2. The molecule has 0 fully saturated rings. The van der Waals surface area contributed by atoms with Gasteiger partial charge in [0.1, 0.15) is 0 Å². The molecule has 3 heterocycles. The lowest BCUT2D eigenvalue weighted by Gasteiger charge is -2.16. The number of para-hydroxylation sites is 1. The average Bonchev–Trinajstić information content (AvgIpc) is 3.18. The third-order valence-corrected chi connectivity index (χ3v) is 9.26. The predicted octanol–water partition coefficient (Wildman–Crippen LogP) is 11.0. The van der Waals surface area contributed by atoms with Crippen molar-refractivity contribution in [1.82, 2.24) is 19.9 Å². The van der Waals surface area contributed by atoms with Crippen LogP contribution < -0.4 is 0 Å². The van der Waals surface area contributed by atoms with E-state index in [0.717, 1.165) is 74.4 Å². The van der Waals surface area contributed by atoms with Crippen LogP contribution in [-0.4, -0.2) is 19.9 Å². The highest BCUT2D eigenvalue weighted by Crippen LogP contribution is 2.38. The molecule has 0 saturated carbocycles. The van der Waals surface area contributed by atoms with E-state index in [9.17, 15) is 0 Å². The Morgan fingerprint density at radius 1 is 0.438 bits per heavy atom. The first kappa shape index (κ1) is 28.0. The lowest BCUT2D eigenvalue weighted by molar-refractivity contribution is 1.02. The molecule has 8 aromatic rings. The van der Waals surface area contributed by atoms with Crippen molar-refractivity contribution in [3.8, 4) is 33.9 Å². The van der Waals surface area contributed by atoms with Crippen LogP contribution in [0.15, 0.2) is 158 Å². The third kappa shape index (κ3) is 5.04. The second-order valence-corrected chi connectivity index (χ2v) is 12.2. The van der Waals surface area contributed by atoms with Crippen LogP contribution in [-0.2, 0) is 0 Å². The molecule has 0 aliphatic heterocycles. The number of allylic oxidation sites excluding steroid dienone is 4. The quantitative estimate of drug-likeness (QED) is 0.181. The molecule has 4 heteroatoms. The highest BCUT2D eigenvalue weighted by molar-refractivity contribution is 6.22. The summed E-state index contributed by atoms with van der Waals surface area (Å²) in [6, 6.07) is 48.5. The van der Waals surface area contributed by atoms with Gasteiger partial charge in [-0.3, -0.25) is 4.98 Å². The van der Waals surface area contributed by atoms with Gasteiger partial charge in [-0.15, -0.1) is 0 Å². The van der Waals surface area contributed by atoms with Gasteiger partial charge in [-0.05, 0) is 64.6 Å². The van der Waals surface area contributed by atoms with Gasteiger partial charge in [0.05, 0.1) is 28.3 Å². The van der Waals surface area contributed by atoms with Gasteiger partial charge in [0.15, 0.2) is 5.82 Å². The summed E-state index contributed by atoms with van der Waals surface area (Å²) < 4.78 is 0. The Kier molecular flexibility index (Phi) is 6.90. The molecular weight excluding hydrogens is 585 g/mol. The van der Waals surface area contributed by atoms with E-state index in [1.54, 1.807) is 0 Å². The van der Waals surface area contributed by atoms with Gasteiger partial charge in [-0.25, -0.2) is 15.0 Å². The number of nitrogens with zero attached hydrogens (tertiary/aromatic N) is 4. The largest absolute Gasteiger partial charge is 0.255 e. The van der Waals surface area contributed by atoms with Gasteiger partial charge in [0.25, 0.3) is 0 Å². The van der Waals surface area contributed by atoms with E-state index >= 15 is 0 Å². The van der Waals surface area contributed by atoms with Gasteiger partial charge in [0.2, 0.25) is 0 Å². The van der Waals surface area contributed by atoms with Gasteiger partial charge >= 0.3 is 0 Å². The van der Waals surface area contributed by atoms with E-state index in [-0.39, 0.29) is 0 Å². The van der Waals surface area contributed by atoms with Crippen LogP contribution in [0.25, 0.3) is 77.5 Å². The molecule has 48 heavy (non-hydrogen) atoms. The molecule has 1 aliphatic carbocycles. The summed E-state index contributed by atoms with van der Waals surface area (Å²) in [5.74, 6) is 0.758. The zero-order chi connectivity index (χ0) is 31.9. The standard InChI is InChI=1S/C44H30N4/c1-3-11-29(12-4-1)30-19-21-33(22-20-30)44-47-39(32-14-5-2-6-15-32)28-40(48-44)34-25-26-45-41(27-34)43-37-24-23-31-13-7-8-16-35(31)42(37)36-17-9-10-18-38(36)46-43/h1-19,21,23-28H,20,22H2. The fraction of sp³-hybridized carbons (Fsp3) is 0.0455. The fourth-order valence-corrected chi connectivity index (χ4v) is 6.85. The van der Waals surface area contributed by atoms with Crippen molar-refractivity contribution in [3.05, 3.63) is 169 Å². The SMILES string of the molecule is C1=C(c2ccccc2)CCC(c2nc(-c3ccccc3)cc(-c3ccnc(-c4nc5ccccc5c5c4ccc4ccccc45)c3)n2)=C1. The normalized spacial score (nSPS) is 13.1. The summed E-state index contributed by atoms with van der Waals surface area (Å²) in [4.78, 5) is 20.4. The average molecular weight is 615 g/mol. The van der Waals surface area contributed by atoms with Gasteiger partial charge in [-0.1, -0.05) is 127 Å². The van der Waals surface area contributed by atoms with E-state index in [1.165, 1.54) is 27.3 Å². The monoisotopic (exact) mass is 614 g/mol. The molecular formula is C44H30N4. The summed E-state index contributed by atoms with van der Waals surface area (Å²) in [7, 11) is 0. The molecule has 0 spiro atoms. The lowest BCUT2D eigenvalue weighted by Crippen LogP contribution is -2.02. The van der Waals surface area contributed by atoms with E-state index < -0.39 is 0 Å². The predicted molar refractivity (Wildman–Crippen MR) is 198 cm³/mol. The van der Waals surface area contributed by atoms with Crippen LogP contribution in [0.5, 0.6) is 0 Å². The van der Waals surface area contributed by atoms with Crippen LogP contribution in [0.2, 0.25) is 0 Å². The first-order chi connectivity index (χ1) is 23.8. The van der Waals surface area contributed by atoms with Gasteiger partial charge in [0, 0.05) is 33.5 Å². The second kappa shape index (κ2) is 11.8. The van der Waals surface area contributed by atoms with E-state index in [2.05, 4.69) is 133 Å². The summed E-state index contributed by atoms with van der Waals surface area (Å²) in [6.45, 7) is 0. The molecule has 0 atom stereocenters. The minimum atomic E-state index is 0.758. The Labute approximate surface area is 278 Å². The molecule has 0 radical (unpaired) electrons. The number of benzene rings is 5. The van der Waals surface area contributed by atoms with Crippen LogP contribution in [0.1, 0.15) is 24.2 Å². The van der Waals surface area contributed by atoms with E-state index in [1.807, 2.05) is 24.4 Å². The minimum absolute atomic E-state index is 0.758. The molecule has 0 bridgehead atoms. The summed E-state index contributed by atoms with van der Waals surface area (Å²) >= 11 is 0. The molecule has 0 amide bonds. The number of pyridine rings is 2. The number of fused-ring (bicyclic) bond motifs is 5. The Morgan fingerprint density at radius 3 is 1.90 bits per heavy atom. The van der Waals surface area contributed by atoms with E-state index in [0.29, 0.717) is 0 Å². The smallest absolute Gasteiger partial charge is 0.156 e. The summed E-state index contributed by atoms with van der Waals surface area (Å²) in [6.07, 6.45) is 8.09. The number of hydrogen-bond donors (Lipinski definition) is 0.